The molecule has 0 N–H and O–H groups in total. The molecule has 0 heterocycles. The summed E-state index contributed by atoms with van der Waals surface area (Å²) in [7, 11) is 2.22. The standard InChI is InChI=1S/C15H31N/c1-9-11-15(7,10-2)14(5,6)12-16(8)13(3)4/h9,11,13H,10,12H2,1-8H3/b11-9-. The number of allylic oxidation sites excluding steroid dienone is 2. The summed E-state index contributed by atoms with van der Waals surface area (Å²) in [6.07, 6.45) is 5.76. The summed E-state index contributed by atoms with van der Waals surface area (Å²) in [4.78, 5) is 2.44. The lowest BCUT2D eigenvalue weighted by atomic mass is 9.64. The summed E-state index contributed by atoms with van der Waals surface area (Å²) >= 11 is 0. The fraction of sp³-hybridized carbons (Fsp3) is 0.867. The first-order valence-corrected chi connectivity index (χ1v) is 6.54. The first kappa shape index (κ1) is 15.7. The van der Waals surface area contributed by atoms with Gasteiger partial charge >= 0.3 is 0 Å². The SMILES string of the molecule is C/C=C\C(C)(CC)C(C)(C)CN(C)C(C)C. The van der Waals surface area contributed by atoms with Gasteiger partial charge in [0.05, 0.1) is 0 Å². The third kappa shape index (κ3) is 3.62. The smallest absolute Gasteiger partial charge is 0.00405 e. The summed E-state index contributed by atoms with van der Waals surface area (Å²) in [5.41, 5.74) is 0.582. The molecule has 16 heavy (non-hydrogen) atoms. The molecule has 0 aliphatic heterocycles. The number of nitrogens with zero attached hydrogens (tertiary/aromatic N) is 1. The Labute approximate surface area is 103 Å². The van der Waals surface area contributed by atoms with Crippen LogP contribution in [-0.2, 0) is 0 Å². The van der Waals surface area contributed by atoms with Crippen molar-refractivity contribution in [2.24, 2.45) is 10.8 Å². The lowest BCUT2D eigenvalue weighted by molar-refractivity contribution is 0.0742. The Hall–Kier alpha value is -0.300. The molecule has 1 unspecified atom stereocenters. The minimum atomic E-state index is 0.283. The summed E-state index contributed by atoms with van der Waals surface area (Å²) < 4.78 is 0. The first-order chi connectivity index (χ1) is 7.20. The molecule has 0 amide bonds. The maximum Gasteiger partial charge on any atom is 0.00405 e. The predicted molar refractivity (Wildman–Crippen MR) is 74.8 cm³/mol. The zero-order valence-electron chi connectivity index (χ0n) is 12.6. The van der Waals surface area contributed by atoms with Crippen molar-refractivity contribution in [1.82, 2.24) is 4.90 Å². The topological polar surface area (TPSA) is 3.24 Å². The molecule has 0 spiro atoms. The van der Waals surface area contributed by atoms with Crippen LogP contribution in [0.2, 0.25) is 0 Å². The number of hydrogen-bond donors (Lipinski definition) is 0. The van der Waals surface area contributed by atoms with Crippen molar-refractivity contribution < 1.29 is 0 Å². The van der Waals surface area contributed by atoms with Crippen molar-refractivity contribution in [3.05, 3.63) is 12.2 Å². The van der Waals surface area contributed by atoms with Gasteiger partial charge in [0.1, 0.15) is 0 Å². The van der Waals surface area contributed by atoms with Gasteiger partial charge in [-0.05, 0) is 45.1 Å². The minimum Gasteiger partial charge on any atom is -0.303 e. The summed E-state index contributed by atoms with van der Waals surface area (Å²) in [6.45, 7) is 17.2. The Morgan fingerprint density at radius 2 is 1.69 bits per heavy atom. The third-order valence-corrected chi connectivity index (χ3v) is 4.34. The second-order valence-electron chi connectivity index (χ2n) is 6.16. The van der Waals surface area contributed by atoms with E-state index in [1.54, 1.807) is 0 Å². The van der Waals surface area contributed by atoms with Gasteiger partial charge in [-0.25, -0.2) is 0 Å². The van der Waals surface area contributed by atoms with Crippen LogP contribution < -0.4 is 0 Å². The van der Waals surface area contributed by atoms with Crippen LogP contribution in [0.4, 0.5) is 0 Å². The molecule has 1 heteroatoms. The fourth-order valence-electron chi connectivity index (χ4n) is 2.18. The molecule has 1 atom stereocenters. The normalized spacial score (nSPS) is 17.4. The zero-order valence-corrected chi connectivity index (χ0v) is 12.6. The van der Waals surface area contributed by atoms with E-state index in [2.05, 4.69) is 72.6 Å². The molecular weight excluding hydrogens is 194 g/mol. The third-order valence-electron chi connectivity index (χ3n) is 4.34. The van der Waals surface area contributed by atoms with Gasteiger partial charge in [-0.15, -0.1) is 0 Å². The van der Waals surface area contributed by atoms with Crippen molar-refractivity contribution in [2.75, 3.05) is 13.6 Å². The van der Waals surface area contributed by atoms with Crippen LogP contribution in [0.3, 0.4) is 0 Å². The highest BCUT2D eigenvalue weighted by atomic mass is 15.1. The van der Waals surface area contributed by atoms with E-state index in [-0.39, 0.29) is 5.41 Å². The van der Waals surface area contributed by atoms with Crippen LogP contribution in [0.5, 0.6) is 0 Å². The second-order valence-corrected chi connectivity index (χ2v) is 6.16. The Kier molecular flexibility index (Phi) is 5.75. The van der Waals surface area contributed by atoms with E-state index in [0.717, 1.165) is 6.54 Å². The Bertz CT molecular complexity index is 228. The lowest BCUT2D eigenvalue weighted by Gasteiger charge is -2.45. The van der Waals surface area contributed by atoms with E-state index in [0.29, 0.717) is 11.5 Å². The predicted octanol–water partition coefficient (Wildman–Crippen LogP) is 4.35. The molecule has 0 aliphatic rings. The molecule has 0 saturated heterocycles. The first-order valence-electron chi connectivity index (χ1n) is 6.54. The fourth-order valence-corrected chi connectivity index (χ4v) is 2.18. The molecule has 96 valence electrons. The summed E-state index contributed by atoms with van der Waals surface area (Å²) in [6, 6.07) is 0.617. The van der Waals surface area contributed by atoms with Crippen molar-refractivity contribution in [3.8, 4) is 0 Å². The van der Waals surface area contributed by atoms with E-state index >= 15 is 0 Å². The number of rotatable bonds is 6. The molecule has 0 aromatic heterocycles. The van der Waals surface area contributed by atoms with Crippen LogP contribution in [0.1, 0.15) is 54.9 Å². The average molecular weight is 225 g/mol. The molecule has 0 radical (unpaired) electrons. The van der Waals surface area contributed by atoms with Crippen LogP contribution in [0, 0.1) is 10.8 Å². The Morgan fingerprint density at radius 1 is 1.19 bits per heavy atom. The molecular formula is C15H31N. The van der Waals surface area contributed by atoms with Crippen LogP contribution >= 0.6 is 0 Å². The summed E-state index contributed by atoms with van der Waals surface area (Å²) in [5.74, 6) is 0. The van der Waals surface area contributed by atoms with Gasteiger partial charge in [-0.1, -0.05) is 39.8 Å². The Balaban J connectivity index is 4.86. The van der Waals surface area contributed by atoms with E-state index in [4.69, 9.17) is 0 Å². The van der Waals surface area contributed by atoms with E-state index in [9.17, 15) is 0 Å². The van der Waals surface area contributed by atoms with Crippen molar-refractivity contribution in [3.63, 3.8) is 0 Å². The van der Waals surface area contributed by atoms with Crippen molar-refractivity contribution >= 4 is 0 Å². The van der Waals surface area contributed by atoms with E-state index in [1.807, 2.05) is 0 Å². The van der Waals surface area contributed by atoms with Gasteiger partial charge in [-0.3, -0.25) is 0 Å². The highest BCUT2D eigenvalue weighted by Gasteiger charge is 2.38. The molecule has 0 aliphatic carbocycles. The summed E-state index contributed by atoms with van der Waals surface area (Å²) in [5, 5.41) is 0. The molecule has 0 saturated carbocycles. The maximum atomic E-state index is 2.44. The van der Waals surface area contributed by atoms with Crippen molar-refractivity contribution in [2.45, 2.75) is 60.9 Å². The van der Waals surface area contributed by atoms with Gasteiger partial charge in [0.25, 0.3) is 0 Å². The minimum absolute atomic E-state index is 0.283. The average Bonchev–Trinajstić information content (AvgIpc) is 2.16. The van der Waals surface area contributed by atoms with Crippen LogP contribution in [0.15, 0.2) is 12.2 Å². The monoisotopic (exact) mass is 225 g/mol. The van der Waals surface area contributed by atoms with E-state index in [1.165, 1.54) is 6.42 Å². The van der Waals surface area contributed by atoms with E-state index < -0.39 is 0 Å². The quantitative estimate of drug-likeness (QED) is 0.608. The van der Waals surface area contributed by atoms with Gasteiger partial charge in [-0.2, -0.15) is 0 Å². The van der Waals surface area contributed by atoms with Crippen molar-refractivity contribution in [1.29, 1.82) is 0 Å². The largest absolute Gasteiger partial charge is 0.303 e. The number of hydrogen-bond acceptors (Lipinski definition) is 1. The molecule has 0 aromatic carbocycles. The van der Waals surface area contributed by atoms with Gasteiger partial charge in [0, 0.05) is 12.6 Å². The highest BCUT2D eigenvalue weighted by molar-refractivity contribution is 5.04. The van der Waals surface area contributed by atoms with Crippen LogP contribution in [0.25, 0.3) is 0 Å². The van der Waals surface area contributed by atoms with Gasteiger partial charge in [0.2, 0.25) is 0 Å². The Morgan fingerprint density at radius 3 is 2.00 bits per heavy atom. The van der Waals surface area contributed by atoms with Gasteiger partial charge < -0.3 is 4.90 Å². The zero-order chi connectivity index (χ0) is 13.0. The molecule has 0 aromatic rings. The van der Waals surface area contributed by atoms with Gasteiger partial charge in [0.15, 0.2) is 0 Å². The molecule has 0 rings (SSSR count). The molecule has 0 fully saturated rings. The molecule has 1 nitrogen and oxygen atoms in total. The maximum absolute atomic E-state index is 2.44. The second kappa shape index (κ2) is 5.86. The van der Waals surface area contributed by atoms with Crippen LogP contribution in [-0.4, -0.2) is 24.5 Å². The lowest BCUT2D eigenvalue weighted by Crippen LogP contribution is -2.44. The highest BCUT2D eigenvalue weighted by Crippen LogP contribution is 2.43. The molecule has 0 bridgehead atoms.